The SMILES string of the molecule is CC(c1nc2c(cnn2C2CCOCC2)c(=O)[nH]1)N1CC(OC2CC(C(=O)NO)C2)C1. The highest BCUT2D eigenvalue weighted by atomic mass is 16.5. The van der Waals surface area contributed by atoms with Gasteiger partial charge in [0.25, 0.3) is 5.56 Å². The molecule has 11 nitrogen and oxygen atoms in total. The van der Waals surface area contributed by atoms with Crippen LogP contribution >= 0.6 is 0 Å². The molecule has 168 valence electrons. The lowest BCUT2D eigenvalue weighted by Crippen LogP contribution is -2.56. The molecule has 5 rings (SSSR count). The van der Waals surface area contributed by atoms with Crippen molar-refractivity contribution in [2.45, 2.75) is 56.9 Å². The van der Waals surface area contributed by atoms with Crippen molar-refractivity contribution in [3.63, 3.8) is 0 Å². The normalized spacial score (nSPS) is 26.4. The number of hydrogen-bond donors (Lipinski definition) is 3. The van der Waals surface area contributed by atoms with Gasteiger partial charge in [-0.1, -0.05) is 0 Å². The predicted molar refractivity (Wildman–Crippen MR) is 109 cm³/mol. The van der Waals surface area contributed by atoms with Crippen LogP contribution in [0.25, 0.3) is 11.0 Å². The van der Waals surface area contributed by atoms with Gasteiger partial charge in [0.05, 0.1) is 30.5 Å². The summed E-state index contributed by atoms with van der Waals surface area (Å²) in [7, 11) is 0. The van der Waals surface area contributed by atoms with Crippen LogP contribution in [-0.4, -0.2) is 74.3 Å². The zero-order valence-corrected chi connectivity index (χ0v) is 17.5. The molecule has 0 radical (unpaired) electrons. The van der Waals surface area contributed by atoms with Crippen molar-refractivity contribution in [2.24, 2.45) is 5.92 Å². The minimum absolute atomic E-state index is 0.0516. The number of carbonyl (C=O) groups excluding carboxylic acids is 1. The van der Waals surface area contributed by atoms with Crippen LogP contribution in [0.1, 0.15) is 50.5 Å². The van der Waals surface area contributed by atoms with Crippen LogP contribution in [-0.2, 0) is 14.3 Å². The van der Waals surface area contributed by atoms with E-state index in [0.29, 0.717) is 42.9 Å². The zero-order valence-electron chi connectivity index (χ0n) is 17.5. The van der Waals surface area contributed by atoms with Gasteiger partial charge >= 0.3 is 0 Å². The Morgan fingerprint density at radius 3 is 2.77 bits per heavy atom. The van der Waals surface area contributed by atoms with Crippen molar-refractivity contribution in [1.82, 2.24) is 30.1 Å². The third-order valence-corrected chi connectivity index (χ3v) is 6.80. The van der Waals surface area contributed by atoms with Gasteiger partial charge in [-0.05, 0) is 32.6 Å². The minimum atomic E-state index is -0.339. The summed E-state index contributed by atoms with van der Waals surface area (Å²) in [4.78, 5) is 33.9. The number of hydroxylamine groups is 1. The third kappa shape index (κ3) is 3.86. The maximum Gasteiger partial charge on any atom is 0.262 e. The van der Waals surface area contributed by atoms with Crippen LogP contribution in [0.15, 0.2) is 11.0 Å². The molecule has 11 heteroatoms. The number of amides is 1. The lowest BCUT2D eigenvalue weighted by atomic mass is 9.81. The third-order valence-electron chi connectivity index (χ3n) is 6.80. The Balaban J connectivity index is 1.22. The molecule has 2 aliphatic heterocycles. The summed E-state index contributed by atoms with van der Waals surface area (Å²) in [5.74, 6) is 0.133. The van der Waals surface area contributed by atoms with E-state index in [2.05, 4.69) is 15.0 Å². The lowest BCUT2D eigenvalue weighted by Gasteiger charge is -2.46. The van der Waals surface area contributed by atoms with Crippen LogP contribution in [0.3, 0.4) is 0 Å². The highest BCUT2D eigenvalue weighted by Gasteiger charge is 2.40. The molecule has 0 bridgehead atoms. The van der Waals surface area contributed by atoms with E-state index in [1.165, 1.54) is 0 Å². The highest BCUT2D eigenvalue weighted by Crippen LogP contribution is 2.34. The fraction of sp³-hybridized carbons (Fsp3) is 0.700. The fourth-order valence-electron chi connectivity index (χ4n) is 4.65. The average Bonchev–Trinajstić information content (AvgIpc) is 3.16. The number of rotatable bonds is 6. The second kappa shape index (κ2) is 8.30. The Morgan fingerprint density at radius 2 is 2.06 bits per heavy atom. The molecule has 1 saturated carbocycles. The lowest BCUT2D eigenvalue weighted by molar-refractivity contribution is -0.158. The standard InChI is InChI=1S/C20H28N6O5/c1-11(25-9-15(10-25)31-14-6-12(7-14)19(27)24-29)17-22-18-16(20(28)23-17)8-21-26(18)13-2-4-30-5-3-13/h8,11-15,29H,2-7,9-10H2,1H3,(H,24,27)(H,22,23,28). The number of nitrogens with zero attached hydrogens (tertiary/aromatic N) is 4. The van der Waals surface area contributed by atoms with Gasteiger partial charge in [0, 0.05) is 32.2 Å². The summed E-state index contributed by atoms with van der Waals surface area (Å²) in [6, 6.07) is 0.147. The highest BCUT2D eigenvalue weighted by molar-refractivity contribution is 5.78. The quantitative estimate of drug-likeness (QED) is 0.444. The molecule has 1 amide bonds. The summed E-state index contributed by atoms with van der Waals surface area (Å²) >= 11 is 0. The van der Waals surface area contributed by atoms with E-state index in [9.17, 15) is 9.59 Å². The van der Waals surface area contributed by atoms with E-state index in [-0.39, 0.29) is 41.7 Å². The number of ether oxygens (including phenoxy) is 2. The van der Waals surface area contributed by atoms with E-state index in [4.69, 9.17) is 19.7 Å². The van der Waals surface area contributed by atoms with E-state index in [1.54, 1.807) is 11.7 Å². The number of aromatic amines is 1. The van der Waals surface area contributed by atoms with Gasteiger partial charge in [-0.2, -0.15) is 5.10 Å². The Labute approximate surface area is 178 Å². The van der Waals surface area contributed by atoms with Crippen molar-refractivity contribution < 1.29 is 19.5 Å². The second-order valence-corrected chi connectivity index (χ2v) is 8.78. The monoisotopic (exact) mass is 432 g/mol. The second-order valence-electron chi connectivity index (χ2n) is 8.78. The number of carbonyl (C=O) groups is 1. The first-order chi connectivity index (χ1) is 15.0. The van der Waals surface area contributed by atoms with E-state index < -0.39 is 0 Å². The summed E-state index contributed by atoms with van der Waals surface area (Å²) in [5, 5.41) is 13.6. The Morgan fingerprint density at radius 1 is 1.32 bits per heavy atom. The Hall–Kier alpha value is -2.34. The molecule has 3 N–H and O–H groups in total. The Kier molecular flexibility index (Phi) is 5.51. The number of nitrogens with one attached hydrogen (secondary N) is 2. The van der Waals surface area contributed by atoms with Gasteiger partial charge < -0.3 is 14.5 Å². The van der Waals surface area contributed by atoms with Gasteiger partial charge in [0.1, 0.15) is 11.2 Å². The van der Waals surface area contributed by atoms with Gasteiger partial charge in [0.15, 0.2) is 5.65 Å². The number of H-pyrrole nitrogens is 1. The van der Waals surface area contributed by atoms with Crippen molar-refractivity contribution in [1.29, 1.82) is 0 Å². The number of aromatic nitrogens is 4. The molecule has 0 spiro atoms. The van der Waals surface area contributed by atoms with Gasteiger partial charge in [-0.25, -0.2) is 15.1 Å². The van der Waals surface area contributed by atoms with Crippen LogP contribution in [0.4, 0.5) is 0 Å². The average molecular weight is 432 g/mol. The largest absolute Gasteiger partial charge is 0.381 e. The molecule has 2 saturated heterocycles. The summed E-state index contributed by atoms with van der Waals surface area (Å²) in [5.41, 5.74) is 2.17. The maximum absolute atomic E-state index is 12.6. The number of fused-ring (bicyclic) bond motifs is 1. The van der Waals surface area contributed by atoms with Gasteiger partial charge in [0.2, 0.25) is 5.91 Å². The zero-order chi connectivity index (χ0) is 21.5. The molecule has 1 unspecified atom stereocenters. The summed E-state index contributed by atoms with van der Waals surface area (Å²) < 4.78 is 13.3. The van der Waals surface area contributed by atoms with E-state index >= 15 is 0 Å². The first-order valence-electron chi connectivity index (χ1n) is 10.9. The van der Waals surface area contributed by atoms with E-state index in [0.717, 1.165) is 25.9 Å². The molecule has 4 heterocycles. The predicted octanol–water partition coefficient (Wildman–Crippen LogP) is 0.517. The minimum Gasteiger partial charge on any atom is -0.381 e. The molecule has 3 aliphatic rings. The maximum atomic E-state index is 12.6. The molecule has 0 aromatic carbocycles. The smallest absolute Gasteiger partial charge is 0.262 e. The molecular formula is C20H28N6O5. The van der Waals surface area contributed by atoms with Crippen molar-refractivity contribution >= 4 is 16.9 Å². The first-order valence-corrected chi connectivity index (χ1v) is 10.9. The van der Waals surface area contributed by atoms with Crippen molar-refractivity contribution in [3.05, 3.63) is 22.4 Å². The molecular weight excluding hydrogens is 404 g/mol. The summed E-state index contributed by atoms with van der Waals surface area (Å²) in [6.07, 6.45) is 4.77. The number of hydrogen-bond acceptors (Lipinski definition) is 8. The molecule has 31 heavy (non-hydrogen) atoms. The summed E-state index contributed by atoms with van der Waals surface area (Å²) in [6.45, 7) is 4.91. The van der Waals surface area contributed by atoms with Crippen LogP contribution in [0.2, 0.25) is 0 Å². The topological polar surface area (TPSA) is 135 Å². The molecule has 1 aliphatic carbocycles. The molecule has 1 atom stereocenters. The van der Waals surface area contributed by atoms with Crippen molar-refractivity contribution in [3.8, 4) is 0 Å². The van der Waals surface area contributed by atoms with E-state index in [1.807, 2.05) is 11.6 Å². The molecule has 3 fully saturated rings. The van der Waals surface area contributed by atoms with Crippen molar-refractivity contribution in [2.75, 3.05) is 26.3 Å². The first kappa shape index (κ1) is 20.6. The van der Waals surface area contributed by atoms with Gasteiger partial charge in [-0.3, -0.25) is 19.7 Å². The van der Waals surface area contributed by atoms with Crippen LogP contribution in [0, 0.1) is 5.92 Å². The molecule has 2 aromatic rings. The number of likely N-dealkylation sites (tertiary alicyclic amines) is 1. The van der Waals surface area contributed by atoms with Gasteiger partial charge in [-0.15, -0.1) is 0 Å². The Bertz CT molecular complexity index is 1000. The van der Waals surface area contributed by atoms with Crippen LogP contribution < -0.4 is 11.0 Å². The fourth-order valence-corrected chi connectivity index (χ4v) is 4.65. The van der Waals surface area contributed by atoms with Crippen LogP contribution in [0.5, 0.6) is 0 Å². The molecule has 2 aromatic heterocycles.